The van der Waals surface area contributed by atoms with E-state index in [1.165, 1.54) is 24.0 Å². The second kappa shape index (κ2) is 6.32. The number of hydrogen-bond donors (Lipinski definition) is 2. The third-order valence-corrected chi connectivity index (χ3v) is 3.68. The molecule has 0 spiro atoms. The van der Waals surface area contributed by atoms with Crippen LogP contribution in [0.25, 0.3) is 0 Å². The molecule has 0 heterocycles. The van der Waals surface area contributed by atoms with E-state index in [0.29, 0.717) is 6.54 Å². The Balaban J connectivity index is 2.06. The SMILES string of the molecule is COC(C)CNC(CN)c1ccccc1C1CC1. The maximum absolute atomic E-state index is 5.92. The van der Waals surface area contributed by atoms with E-state index >= 15 is 0 Å². The highest BCUT2D eigenvalue weighted by Crippen LogP contribution is 2.42. The van der Waals surface area contributed by atoms with E-state index in [-0.39, 0.29) is 12.1 Å². The lowest BCUT2D eigenvalue weighted by Gasteiger charge is -2.22. The first-order valence-electron chi connectivity index (χ1n) is 6.81. The van der Waals surface area contributed by atoms with Gasteiger partial charge in [-0.25, -0.2) is 0 Å². The third kappa shape index (κ3) is 3.31. The van der Waals surface area contributed by atoms with Crippen LogP contribution in [0.2, 0.25) is 0 Å². The molecule has 0 radical (unpaired) electrons. The second-order valence-corrected chi connectivity index (χ2v) is 5.15. The van der Waals surface area contributed by atoms with Gasteiger partial charge in [0.15, 0.2) is 0 Å². The largest absolute Gasteiger partial charge is 0.380 e. The Morgan fingerprint density at radius 3 is 2.72 bits per heavy atom. The van der Waals surface area contributed by atoms with E-state index in [9.17, 15) is 0 Å². The zero-order chi connectivity index (χ0) is 13.0. The van der Waals surface area contributed by atoms with Gasteiger partial charge in [-0.1, -0.05) is 24.3 Å². The van der Waals surface area contributed by atoms with Gasteiger partial charge in [0, 0.05) is 26.2 Å². The number of nitrogens with one attached hydrogen (secondary N) is 1. The van der Waals surface area contributed by atoms with E-state index in [2.05, 4.69) is 36.5 Å². The average molecular weight is 248 g/mol. The quantitative estimate of drug-likeness (QED) is 0.777. The van der Waals surface area contributed by atoms with Gasteiger partial charge in [0.2, 0.25) is 0 Å². The summed E-state index contributed by atoms with van der Waals surface area (Å²) in [6.45, 7) is 3.52. The molecule has 0 aliphatic heterocycles. The molecule has 18 heavy (non-hydrogen) atoms. The molecular weight excluding hydrogens is 224 g/mol. The molecule has 0 saturated heterocycles. The molecule has 1 fully saturated rings. The van der Waals surface area contributed by atoms with Gasteiger partial charge in [0.25, 0.3) is 0 Å². The van der Waals surface area contributed by atoms with Gasteiger partial charge in [-0.3, -0.25) is 0 Å². The van der Waals surface area contributed by atoms with Gasteiger partial charge in [-0.05, 0) is 36.8 Å². The smallest absolute Gasteiger partial charge is 0.0667 e. The van der Waals surface area contributed by atoms with Crippen molar-refractivity contribution in [1.29, 1.82) is 0 Å². The molecule has 3 nitrogen and oxygen atoms in total. The number of methoxy groups -OCH3 is 1. The Morgan fingerprint density at radius 2 is 2.11 bits per heavy atom. The minimum Gasteiger partial charge on any atom is -0.380 e. The first kappa shape index (κ1) is 13.5. The highest BCUT2D eigenvalue weighted by molar-refractivity contribution is 5.35. The van der Waals surface area contributed by atoms with Crippen LogP contribution < -0.4 is 11.1 Å². The summed E-state index contributed by atoms with van der Waals surface area (Å²) < 4.78 is 5.27. The number of benzene rings is 1. The summed E-state index contributed by atoms with van der Waals surface area (Å²) >= 11 is 0. The molecular formula is C15H24N2O. The Morgan fingerprint density at radius 1 is 1.39 bits per heavy atom. The van der Waals surface area contributed by atoms with Crippen molar-refractivity contribution in [3.8, 4) is 0 Å². The van der Waals surface area contributed by atoms with Gasteiger partial charge in [-0.15, -0.1) is 0 Å². The Labute approximate surface area is 110 Å². The first-order valence-corrected chi connectivity index (χ1v) is 6.81. The summed E-state index contributed by atoms with van der Waals surface area (Å²) in [6, 6.07) is 8.92. The monoisotopic (exact) mass is 248 g/mol. The van der Waals surface area contributed by atoms with Crippen molar-refractivity contribution >= 4 is 0 Å². The summed E-state index contributed by atoms with van der Waals surface area (Å²) in [7, 11) is 1.74. The van der Waals surface area contributed by atoms with Crippen LogP contribution in [0.5, 0.6) is 0 Å². The molecule has 1 saturated carbocycles. The van der Waals surface area contributed by atoms with Crippen molar-refractivity contribution in [3.63, 3.8) is 0 Å². The predicted molar refractivity (Wildman–Crippen MR) is 74.7 cm³/mol. The number of hydrogen-bond acceptors (Lipinski definition) is 3. The van der Waals surface area contributed by atoms with Crippen molar-refractivity contribution < 1.29 is 4.74 Å². The Kier molecular flexibility index (Phi) is 4.75. The van der Waals surface area contributed by atoms with Crippen LogP contribution in [0.4, 0.5) is 0 Å². The standard InChI is InChI=1S/C15H24N2O/c1-11(18-2)10-17-15(9-16)14-6-4-3-5-13(14)12-7-8-12/h3-6,11-12,15,17H,7-10,16H2,1-2H3. The van der Waals surface area contributed by atoms with E-state index in [0.717, 1.165) is 12.5 Å². The zero-order valence-electron chi connectivity index (χ0n) is 11.4. The molecule has 0 bridgehead atoms. The minimum atomic E-state index is 0.215. The van der Waals surface area contributed by atoms with Gasteiger partial charge < -0.3 is 15.8 Å². The second-order valence-electron chi connectivity index (χ2n) is 5.15. The van der Waals surface area contributed by atoms with Crippen LogP contribution >= 0.6 is 0 Å². The minimum absolute atomic E-state index is 0.215. The van der Waals surface area contributed by atoms with Crippen LogP contribution in [-0.2, 0) is 4.74 Å². The Bertz CT molecular complexity index is 377. The molecule has 2 atom stereocenters. The molecule has 1 aromatic carbocycles. The number of nitrogens with two attached hydrogens (primary N) is 1. The fourth-order valence-corrected chi connectivity index (χ4v) is 2.31. The molecule has 1 aliphatic rings. The van der Waals surface area contributed by atoms with Crippen LogP contribution in [0.1, 0.15) is 42.9 Å². The fraction of sp³-hybridized carbons (Fsp3) is 0.600. The molecule has 1 aliphatic carbocycles. The lowest BCUT2D eigenvalue weighted by molar-refractivity contribution is 0.114. The third-order valence-electron chi connectivity index (χ3n) is 3.68. The summed E-state index contributed by atoms with van der Waals surface area (Å²) in [5.74, 6) is 0.761. The predicted octanol–water partition coefficient (Wildman–Crippen LogP) is 2.19. The van der Waals surface area contributed by atoms with Crippen molar-refractivity contribution in [2.45, 2.75) is 37.8 Å². The summed E-state index contributed by atoms with van der Waals surface area (Å²) in [5.41, 5.74) is 8.76. The molecule has 0 amide bonds. The molecule has 3 N–H and O–H groups in total. The highest BCUT2D eigenvalue weighted by atomic mass is 16.5. The topological polar surface area (TPSA) is 47.3 Å². The molecule has 2 rings (SSSR count). The number of rotatable bonds is 7. The number of ether oxygens (including phenoxy) is 1. The maximum Gasteiger partial charge on any atom is 0.0667 e. The van der Waals surface area contributed by atoms with Crippen molar-refractivity contribution in [1.82, 2.24) is 5.32 Å². The fourth-order valence-electron chi connectivity index (χ4n) is 2.31. The normalized spacial score (nSPS) is 18.6. The van der Waals surface area contributed by atoms with Crippen molar-refractivity contribution in [3.05, 3.63) is 35.4 Å². The van der Waals surface area contributed by atoms with Gasteiger partial charge >= 0.3 is 0 Å². The van der Waals surface area contributed by atoms with E-state index < -0.39 is 0 Å². The van der Waals surface area contributed by atoms with Gasteiger partial charge in [0.05, 0.1) is 6.10 Å². The molecule has 0 aromatic heterocycles. The van der Waals surface area contributed by atoms with Gasteiger partial charge in [0.1, 0.15) is 0 Å². The van der Waals surface area contributed by atoms with Crippen molar-refractivity contribution in [2.24, 2.45) is 5.73 Å². The van der Waals surface area contributed by atoms with Crippen LogP contribution in [0.3, 0.4) is 0 Å². The summed E-state index contributed by atoms with van der Waals surface area (Å²) in [5, 5.41) is 3.51. The van der Waals surface area contributed by atoms with Crippen molar-refractivity contribution in [2.75, 3.05) is 20.2 Å². The van der Waals surface area contributed by atoms with Crippen LogP contribution in [0, 0.1) is 0 Å². The average Bonchev–Trinajstić information content (AvgIpc) is 3.24. The Hall–Kier alpha value is -0.900. The van der Waals surface area contributed by atoms with E-state index in [1.54, 1.807) is 7.11 Å². The summed E-state index contributed by atoms with van der Waals surface area (Å²) in [4.78, 5) is 0. The summed E-state index contributed by atoms with van der Waals surface area (Å²) in [6.07, 6.45) is 2.86. The van der Waals surface area contributed by atoms with Crippen LogP contribution in [-0.4, -0.2) is 26.3 Å². The van der Waals surface area contributed by atoms with E-state index in [1.807, 2.05) is 0 Å². The lowest BCUT2D eigenvalue weighted by atomic mass is 9.97. The molecule has 3 heteroatoms. The van der Waals surface area contributed by atoms with Gasteiger partial charge in [-0.2, -0.15) is 0 Å². The molecule has 1 aromatic rings. The molecule has 2 unspecified atom stereocenters. The van der Waals surface area contributed by atoms with Crippen LogP contribution in [0.15, 0.2) is 24.3 Å². The zero-order valence-corrected chi connectivity index (χ0v) is 11.4. The highest BCUT2D eigenvalue weighted by Gasteiger charge is 2.27. The lowest BCUT2D eigenvalue weighted by Crippen LogP contribution is -2.34. The van der Waals surface area contributed by atoms with E-state index in [4.69, 9.17) is 10.5 Å². The first-order chi connectivity index (χ1) is 8.76. The molecule has 100 valence electrons. The maximum atomic E-state index is 5.92.